The van der Waals surface area contributed by atoms with Gasteiger partial charge in [-0.2, -0.15) is 0 Å². The molecule has 2 aromatic carbocycles. The van der Waals surface area contributed by atoms with E-state index in [1.165, 1.54) is 0 Å². The zero-order valence-corrected chi connectivity index (χ0v) is 15.3. The van der Waals surface area contributed by atoms with Crippen molar-refractivity contribution in [2.24, 2.45) is 0 Å². The molecule has 6 heteroatoms. The van der Waals surface area contributed by atoms with Crippen molar-refractivity contribution in [3.05, 3.63) is 70.9 Å². The summed E-state index contributed by atoms with van der Waals surface area (Å²) < 4.78 is 16.4. The van der Waals surface area contributed by atoms with Crippen LogP contribution in [0.3, 0.4) is 0 Å². The number of benzene rings is 2. The van der Waals surface area contributed by atoms with Crippen LogP contribution in [0.2, 0.25) is 5.02 Å². The van der Waals surface area contributed by atoms with Crippen LogP contribution in [-0.2, 0) is 17.8 Å². The number of nitrogens with one attached hydrogen (secondary N) is 1. The minimum absolute atomic E-state index is 0.0305. The van der Waals surface area contributed by atoms with Gasteiger partial charge in [0.2, 0.25) is 12.7 Å². The van der Waals surface area contributed by atoms with Gasteiger partial charge in [-0.1, -0.05) is 17.7 Å². The first-order chi connectivity index (χ1) is 13.2. The summed E-state index contributed by atoms with van der Waals surface area (Å²) in [6, 6.07) is 16.9. The zero-order valence-electron chi connectivity index (χ0n) is 14.5. The van der Waals surface area contributed by atoms with Crippen LogP contribution in [0.1, 0.15) is 17.7 Å². The molecule has 4 rings (SSSR count). The lowest BCUT2D eigenvalue weighted by atomic mass is 10.1. The Labute approximate surface area is 161 Å². The Balaban J connectivity index is 1.27. The molecule has 0 saturated carbocycles. The second-order valence-corrected chi connectivity index (χ2v) is 6.67. The van der Waals surface area contributed by atoms with Gasteiger partial charge in [0, 0.05) is 17.0 Å². The minimum atomic E-state index is -0.0305. The maximum atomic E-state index is 12.1. The Morgan fingerprint density at radius 3 is 2.67 bits per heavy atom. The number of amides is 1. The molecule has 1 aromatic heterocycles. The molecule has 0 fully saturated rings. The van der Waals surface area contributed by atoms with Gasteiger partial charge in [0.1, 0.15) is 11.5 Å². The third-order valence-corrected chi connectivity index (χ3v) is 4.58. The maximum Gasteiger partial charge on any atom is 0.231 e. The summed E-state index contributed by atoms with van der Waals surface area (Å²) in [5, 5.41) is 3.57. The highest BCUT2D eigenvalue weighted by atomic mass is 35.5. The number of fused-ring (bicyclic) bond motifs is 1. The normalized spacial score (nSPS) is 12.2. The Bertz CT molecular complexity index is 949. The molecule has 0 bridgehead atoms. The van der Waals surface area contributed by atoms with Crippen molar-refractivity contribution in [3.8, 4) is 22.8 Å². The fraction of sp³-hybridized carbons (Fsp3) is 0.190. The first-order valence-electron chi connectivity index (χ1n) is 8.67. The van der Waals surface area contributed by atoms with E-state index in [9.17, 15) is 4.79 Å². The van der Waals surface area contributed by atoms with Gasteiger partial charge in [-0.3, -0.25) is 4.79 Å². The molecule has 0 aliphatic carbocycles. The summed E-state index contributed by atoms with van der Waals surface area (Å²) in [5.41, 5.74) is 1.98. The highest BCUT2D eigenvalue weighted by Crippen LogP contribution is 2.32. The average molecular weight is 384 g/mol. The summed E-state index contributed by atoms with van der Waals surface area (Å²) >= 11 is 5.90. The van der Waals surface area contributed by atoms with E-state index in [2.05, 4.69) is 5.32 Å². The van der Waals surface area contributed by atoms with Crippen molar-refractivity contribution >= 4 is 17.5 Å². The van der Waals surface area contributed by atoms with E-state index in [4.69, 9.17) is 25.5 Å². The SMILES string of the molecule is O=C(CCc1ccc2c(c1)OCO2)NCc1ccc(-c2ccc(Cl)cc2)o1. The smallest absolute Gasteiger partial charge is 0.231 e. The molecule has 0 spiro atoms. The van der Waals surface area contributed by atoms with E-state index in [-0.39, 0.29) is 12.7 Å². The summed E-state index contributed by atoms with van der Waals surface area (Å²) in [7, 11) is 0. The summed E-state index contributed by atoms with van der Waals surface area (Å²) in [5.74, 6) is 2.90. The largest absolute Gasteiger partial charge is 0.459 e. The Morgan fingerprint density at radius 2 is 1.81 bits per heavy atom. The van der Waals surface area contributed by atoms with Crippen LogP contribution in [0, 0.1) is 0 Å². The van der Waals surface area contributed by atoms with E-state index in [0.29, 0.717) is 30.2 Å². The van der Waals surface area contributed by atoms with Gasteiger partial charge >= 0.3 is 0 Å². The highest BCUT2D eigenvalue weighted by molar-refractivity contribution is 6.30. The van der Waals surface area contributed by atoms with Crippen molar-refractivity contribution < 1.29 is 18.7 Å². The van der Waals surface area contributed by atoms with Crippen molar-refractivity contribution in [2.75, 3.05) is 6.79 Å². The van der Waals surface area contributed by atoms with Crippen LogP contribution >= 0.6 is 11.6 Å². The van der Waals surface area contributed by atoms with Crippen molar-refractivity contribution in [1.82, 2.24) is 5.32 Å². The van der Waals surface area contributed by atoms with Gasteiger partial charge in [0.05, 0.1) is 6.54 Å². The zero-order chi connectivity index (χ0) is 18.6. The van der Waals surface area contributed by atoms with E-state index < -0.39 is 0 Å². The number of ether oxygens (including phenoxy) is 2. The summed E-state index contributed by atoms with van der Waals surface area (Å²) in [4.78, 5) is 12.1. The number of hydrogen-bond acceptors (Lipinski definition) is 4. The third-order valence-electron chi connectivity index (χ3n) is 4.33. The van der Waals surface area contributed by atoms with E-state index in [1.807, 2.05) is 54.6 Å². The highest BCUT2D eigenvalue weighted by Gasteiger charge is 2.14. The number of halogens is 1. The molecule has 27 heavy (non-hydrogen) atoms. The third kappa shape index (κ3) is 4.26. The van der Waals surface area contributed by atoms with Crippen LogP contribution in [-0.4, -0.2) is 12.7 Å². The molecular weight excluding hydrogens is 366 g/mol. The van der Waals surface area contributed by atoms with Gasteiger partial charge < -0.3 is 19.2 Å². The molecule has 5 nitrogen and oxygen atoms in total. The van der Waals surface area contributed by atoms with E-state index >= 15 is 0 Å². The predicted molar refractivity (Wildman–Crippen MR) is 102 cm³/mol. The quantitative estimate of drug-likeness (QED) is 0.677. The van der Waals surface area contributed by atoms with Crippen molar-refractivity contribution in [1.29, 1.82) is 0 Å². The fourth-order valence-corrected chi connectivity index (χ4v) is 3.00. The molecule has 1 aliphatic rings. The minimum Gasteiger partial charge on any atom is -0.459 e. The Morgan fingerprint density at radius 1 is 1.00 bits per heavy atom. The van der Waals surface area contributed by atoms with Gasteiger partial charge in [-0.25, -0.2) is 0 Å². The molecule has 0 radical (unpaired) electrons. The maximum absolute atomic E-state index is 12.1. The lowest BCUT2D eigenvalue weighted by molar-refractivity contribution is -0.121. The molecule has 1 aliphatic heterocycles. The van der Waals surface area contributed by atoms with E-state index in [0.717, 1.165) is 28.4 Å². The summed E-state index contributed by atoms with van der Waals surface area (Å²) in [6.45, 7) is 0.605. The van der Waals surface area contributed by atoms with Crippen molar-refractivity contribution in [2.45, 2.75) is 19.4 Å². The Hall–Kier alpha value is -2.92. The van der Waals surface area contributed by atoms with Gasteiger partial charge in [-0.05, 0) is 60.5 Å². The molecule has 0 atom stereocenters. The van der Waals surface area contributed by atoms with Crippen LogP contribution in [0.25, 0.3) is 11.3 Å². The number of carbonyl (C=O) groups is 1. The molecule has 1 amide bonds. The molecule has 0 unspecified atom stereocenters. The van der Waals surface area contributed by atoms with Crippen LogP contribution < -0.4 is 14.8 Å². The summed E-state index contributed by atoms with van der Waals surface area (Å²) in [6.07, 6.45) is 1.03. The first kappa shape index (κ1) is 17.5. The Kier molecular flexibility index (Phi) is 5.03. The fourth-order valence-electron chi connectivity index (χ4n) is 2.87. The molecule has 2 heterocycles. The first-order valence-corrected chi connectivity index (χ1v) is 9.05. The lowest BCUT2D eigenvalue weighted by Gasteiger charge is -2.05. The van der Waals surface area contributed by atoms with Gasteiger partial charge in [0.25, 0.3) is 0 Å². The topological polar surface area (TPSA) is 60.7 Å². The number of rotatable bonds is 6. The second kappa shape index (κ2) is 7.76. The monoisotopic (exact) mass is 383 g/mol. The molecule has 0 saturated heterocycles. The van der Waals surface area contributed by atoms with Gasteiger partial charge in [-0.15, -0.1) is 0 Å². The van der Waals surface area contributed by atoms with Crippen molar-refractivity contribution in [3.63, 3.8) is 0 Å². The lowest BCUT2D eigenvalue weighted by Crippen LogP contribution is -2.22. The second-order valence-electron chi connectivity index (χ2n) is 6.24. The van der Waals surface area contributed by atoms with Crippen LogP contribution in [0.5, 0.6) is 11.5 Å². The molecular formula is C21H18ClNO4. The van der Waals surface area contributed by atoms with E-state index in [1.54, 1.807) is 0 Å². The average Bonchev–Trinajstić information content (AvgIpc) is 3.34. The van der Waals surface area contributed by atoms with Crippen LogP contribution in [0.15, 0.2) is 59.0 Å². The number of furan rings is 1. The molecule has 138 valence electrons. The van der Waals surface area contributed by atoms with Crippen LogP contribution in [0.4, 0.5) is 0 Å². The molecule has 1 N–H and O–H groups in total. The standard InChI is InChI=1S/C21H18ClNO4/c22-16-5-3-15(4-6-16)18-9-7-17(27-18)12-23-21(24)10-2-14-1-8-19-20(11-14)26-13-25-19/h1,3-9,11H,2,10,12-13H2,(H,23,24). The number of aryl methyl sites for hydroxylation is 1. The molecule has 3 aromatic rings. The predicted octanol–water partition coefficient (Wildman–Crippen LogP) is 4.58. The number of carbonyl (C=O) groups excluding carboxylic acids is 1. The number of hydrogen-bond donors (Lipinski definition) is 1. The van der Waals surface area contributed by atoms with Gasteiger partial charge in [0.15, 0.2) is 11.5 Å².